The van der Waals surface area contributed by atoms with Gasteiger partial charge in [0, 0.05) is 31.7 Å². The van der Waals surface area contributed by atoms with Crippen molar-refractivity contribution in [3.63, 3.8) is 0 Å². The quantitative estimate of drug-likeness (QED) is 0.716. The van der Waals surface area contributed by atoms with Crippen LogP contribution in [0.5, 0.6) is 11.5 Å². The van der Waals surface area contributed by atoms with Crippen molar-refractivity contribution in [3.8, 4) is 11.5 Å². The SMILES string of the molecule is CC1OCCC1(O)CNc1cc2c(cc1N)OCCO2. The third-order valence-electron chi connectivity index (χ3n) is 3.96. The van der Waals surface area contributed by atoms with E-state index in [1.165, 1.54) is 0 Å². The second-order valence-electron chi connectivity index (χ2n) is 5.30. The number of nitrogen functional groups attached to an aromatic ring is 1. The number of nitrogens with two attached hydrogens (primary N) is 1. The topological polar surface area (TPSA) is 86.0 Å². The Hall–Kier alpha value is -1.66. The third kappa shape index (κ3) is 2.36. The third-order valence-corrected chi connectivity index (χ3v) is 3.96. The number of ether oxygens (including phenoxy) is 3. The van der Waals surface area contributed by atoms with E-state index in [2.05, 4.69) is 5.32 Å². The summed E-state index contributed by atoms with van der Waals surface area (Å²) in [5.41, 5.74) is 6.45. The second-order valence-corrected chi connectivity index (χ2v) is 5.30. The summed E-state index contributed by atoms with van der Waals surface area (Å²) in [5, 5.41) is 13.7. The zero-order valence-electron chi connectivity index (χ0n) is 11.5. The van der Waals surface area contributed by atoms with Crippen molar-refractivity contribution < 1.29 is 19.3 Å². The monoisotopic (exact) mass is 280 g/mol. The van der Waals surface area contributed by atoms with E-state index in [1.807, 2.05) is 13.0 Å². The first-order chi connectivity index (χ1) is 9.58. The molecular weight excluding hydrogens is 260 g/mol. The molecule has 1 saturated heterocycles. The Kier molecular flexibility index (Phi) is 3.35. The maximum atomic E-state index is 10.5. The minimum absolute atomic E-state index is 0.187. The highest BCUT2D eigenvalue weighted by Gasteiger charge is 2.39. The number of hydrogen-bond donors (Lipinski definition) is 3. The van der Waals surface area contributed by atoms with Gasteiger partial charge in [0.05, 0.1) is 17.5 Å². The normalized spacial score (nSPS) is 28.4. The van der Waals surface area contributed by atoms with Crippen molar-refractivity contribution in [2.24, 2.45) is 0 Å². The fourth-order valence-corrected chi connectivity index (χ4v) is 2.51. The molecule has 1 aromatic carbocycles. The van der Waals surface area contributed by atoms with Crippen molar-refractivity contribution in [1.29, 1.82) is 0 Å². The van der Waals surface area contributed by atoms with E-state index in [0.29, 0.717) is 50.0 Å². The summed E-state index contributed by atoms with van der Waals surface area (Å²) in [6, 6.07) is 3.56. The van der Waals surface area contributed by atoms with Crippen molar-refractivity contribution in [2.75, 3.05) is 37.4 Å². The van der Waals surface area contributed by atoms with E-state index in [1.54, 1.807) is 6.07 Å². The van der Waals surface area contributed by atoms with Gasteiger partial charge in [-0.05, 0) is 6.92 Å². The summed E-state index contributed by atoms with van der Waals surface area (Å²) in [6.07, 6.45) is 0.430. The van der Waals surface area contributed by atoms with Gasteiger partial charge in [-0.3, -0.25) is 0 Å². The van der Waals surface area contributed by atoms with Gasteiger partial charge in [-0.25, -0.2) is 0 Å². The molecule has 1 aromatic rings. The fraction of sp³-hybridized carbons (Fsp3) is 0.571. The molecule has 2 atom stereocenters. The summed E-state index contributed by atoms with van der Waals surface area (Å²) >= 11 is 0. The van der Waals surface area contributed by atoms with Gasteiger partial charge in [0.15, 0.2) is 11.5 Å². The first kappa shape index (κ1) is 13.3. The van der Waals surface area contributed by atoms with Gasteiger partial charge < -0.3 is 30.4 Å². The molecule has 2 aliphatic heterocycles. The van der Waals surface area contributed by atoms with Crippen LogP contribution in [-0.2, 0) is 4.74 Å². The van der Waals surface area contributed by atoms with E-state index in [4.69, 9.17) is 19.9 Å². The van der Waals surface area contributed by atoms with Crippen LogP contribution in [0.3, 0.4) is 0 Å². The largest absolute Gasteiger partial charge is 0.486 e. The minimum Gasteiger partial charge on any atom is -0.486 e. The number of benzene rings is 1. The molecular formula is C14H20N2O4. The molecule has 6 nitrogen and oxygen atoms in total. The Morgan fingerprint density at radius 2 is 2.00 bits per heavy atom. The van der Waals surface area contributed by atoms with Gasteiger partial charge in [-0.15, -0.1) is 0 Å². The average Bonchev–Trinajstić information content (AvgIpc) is 2.77. The molecule has 2 aliphatic rings. The molecule has 20 heavy (non-hydrogen) atoms. The lowest BCUT2D eigenvalue weighted by molar-refractivity contribution is -0.0175. The average molecular weight is 280 g/mol. The smallest absolute Gasteiger partial charge is 0.163 e. The first-order valence-corrected chi connectivity index (χ1v) is 6.85. The standard InChI is InChI=1S/C14H20N2O4/c1-9-14(17,2-3-18-9)8-16-11-7-13-12(6-10(11)15)19-4-5-20-13/h6-7,9,16-17H,2-5,8,15H2,1H3. The fourth-order valence-electron chi connectivity index (χ4n) is 2.51. The predicted octanol–water partition coefficient (Wildman–Crippen LogP) is 0.992. The maximum absolute atomic E-state index is 10.5. The highest BCUT2D eigenvalue weighted by molar-refractivity contribution is 5.72. The Morgan fingerprint density at radius 3 is 2.65 bits per heavy atom. The lowest BCUT2D eigenvalue weighted by Crippen LogP contribution is -2.43. The van der Waals surface area contributed by atoms with E-state index in [9.17, 15) is 5.11 Å². The molecule has 110 valence electrons. The van der Waals surface area contributed by atoms with Crippen LogP contribution >= 0.6 is 0 Å². The van der Waals surface area contributed by atoms with Crippen molar-refractivity contribution in [3.05, 3.63) is 12.1 Å². The van der Waals surface area contributed by atoms with Crippen molar-refractivity contribution >= 4 is 11.4 Å². The molecule has 2 heterocycles. The van der Waals surface area contributed by atoms with Gasteiger partial charge in [-0.2, -0.15) is 0 Å². The summed E-state index contributed by atoms with van der Waals surface area (Å²) in [6.45, 7) is 3.91. The number of aliphatic hydroxyl groups is 1. The molecule has 3 rings (SSSR count). The lowest BCUT2D eigenvalue weighted by Gasteiger charge is -2.27. The first-order valence-electron chi connectivity index (χ1n) is 6.85. The summed E-state index contributed by atoms with van der Waals surface area (Å²) in [4.78, 5) is 0. The molecule has 0 saturated carbocycles. The molecule has 2 unspecified atom stereocenters. The number of rotatable bonds is 3. The van der Waals surface area contributed by atoms with E-state index in [-0.39, 0.29) is 6.10 Å². The van der Waals surface area contributed by atoms with Gasteiger partial charge >= 0.3 is 0 Å². The number of fused-ring (bicyclic) bond motifs is 1. The van der Waals surface area contributed by atoms with Gasteiger partial charge in [0.25, 0.3) is 0 Å². The molecule has 1 fully saturated rings. The maximum Gasteiger partial charge on any atom is 0.163 e. The Morgan fingerprint density at radius 1 is 1.30 bits per heavy atom. The van der Waals surface area contributed by atoms with Gasteiger partial charge in [0.2, 0.25) is 0 Å². The zero-order chi connectivity index (χ0) is 14.2. The highest BCUT2D eigenvalue weighted by Crippen LogP contribution is 2.37. The van der Waals surface area contributed by atoms with Crippen LogP contribution in [0.25, 0.3) is 0 Å². The molecule has 6 heteroatoms. The van der Waals surface area contributed by atoms with Crippen molar-refractivity contribution in [1.82, 2.24) is 0 Å². The van der Waals surface area contributed by atoms with Crippen LogP contribution in [0, 0.1) is 0 Å². The van der Waals surface area contributed by atoms with Crippen LogP contribution in [0.15, 0.2) is 12.1 Å². The van der Waals surface area contributed by atoms with Crippen molar-refractivity contribution in [2.45, 2.75) is 25.0 Å². The van der Waals surface area contributed by atoms with Crippen LogP contribution in [0.4, 0.5) is 11.4 Å². The molecule has 0 aromatic heterocycles. The van der Waals surface area contributed by atoms with Gasteiger partial charge in [0.1, 0.15) is 18.8 Å². The summed E-state index contributed by atoms with van der Waals surface area (Å²) < 4.78 is 16.4. The van der Waals surface area contributed by atoms with Gasteiger partial charge in [-0.1, -0.05) is 0 Å². The molecule has 0 spiro atoms. The minimum atomic E-state index is -0.861. The molecule has 0 bridgehead atoms. The van der Waals surface area contributed by atoms with Crippen LogP contribution < -0.4 is 20.5 Å². The Bertz CT molecular complexity index is 508. The summed E-state index contributed by atoms with van der Waals surface area (Å²) in [7, 11) is 0. The van der Waals surface area contributed by atoms with E-state index in [0.717, 1.165) is 5.69 Å². The number of hydrogen-bond acceptors (Lipinski definition) is 6. The number of nitrogens with one attached hydrogen (secondary N) is 1. The Balaban J connectivity index is 1.74. The van der Waals surface area contributed by atoms with E-state index >= 15 is 0 Å². The molecule has 0 amide bonds. The lowest BCUT2D eigenvalue weighted by atomic mass is 9.96. The van der Waals surface area contributed by atoms with Crippen LogP contribution in [0.1, 0.15) is 13.3 Å². The van der Waals surface area contributed by atoms with Crippen LogP contribution in [0.2, 0.25) is 0 Å². The highest BCUT2D eigenvalue weighted by atomic mass is 16.6. The Labute approximate surface area is 117 Å². The zero-order valence-corrected chi connectivity index (χ0v) is 11.5. The molecule has 0 radical (unpaired) electrons. The predicted molar refractivity (Wildman–Crippen MR) is 75.3 cm³/mol. The molecule has 0 aliphatic carbocycles. The van der Waals surface area contributed by atoms with E-state index < -0.39 is 5.60 Å². The number of anilines is 2. The second kappa shape index (κ2) is 5.03. The summed E-state index contributed by atoms with van der Waals surface area (Å²) in [5.74, 6) is 1.34. The molecule has 4 N–H and O–H groups in total. The van der Waals surface area contributed by atoms with Crippen LogP contribution in [-0.4, -0.2) is 43.2 Å².